The fraction of sp³-hybridized carbons (Fsp3) is 0.200. The molecular formula is C10H12OS. The van der Waals surface area contributed by atoms with Crippen molar-refractivity contribution in [2.45, 2.75) is 4.90 Å². The smallest absolute Gasteiger partial charge is 0.0793 e. The van der Waals surface area contributed by atoms with Crippen LogP contribution in [0.15, 0.2) is 47.6 Å². The summed E-state index contributed by atoms with van der Waals surface area (Å²) in [7, 11) is 1.66. The highest BCUT2D eigenvalue weighted by molar-refractivity contribution is 7.99. The van der Waals surface area contributed by atoms with Gasteiger partial charge in [-0.1, -0.05) is 18.2 Å². The summed E-state index contributed by atoms with van der Waals surface area (Å²) in [6.45, 7) is 0. The van der Waals surface area contributed by atoms with Gasteiger partial charge < -0.3 is 4.74 Å². The second kappa shape index (κ2) is 5.72. The molecule has 0 fully saturated rings. The third-order valence-corrected chi connectivity index (χ3v) is 2.29. The van der Waals surface area contributed by atoms with E-state index in [0.29, 0.717) is 0 Å². The topological polar surface area (TPSA) is 9.23 Å². The number of ether oxygens (including phenoxy) is 1. The molecular weight excluding hydrogens is 168 g/mol. The van der Waals surface area contributed by atoms with E-state index in [4.69, 9.17) is 4.74 Å². The summed E-state index contributed by atoms with van der Waals surface area (Å²) < 4.78 is 4.79. The molecule has 1 aromatic rings. The van der Waals surface area contributed by atoms with Crippen LogP contribution in [0, 0.1) is 0 Å². The molecule has 1 aromatic carbocycles. The molecule has 0 spiro atoms. The number of benzene rings is 1. The molecule has 0 N–H and O–H groups in total. The first-order valence-corrected chi connectivity index (χ1v) is 4.77. The van der Waals surface area contributed by atoms with Crippen molar-refractivity contribution in [3.8, 4) is 0 Å². The molecule has 0 heterocycles. The van der Waals surface area contributed by atoms with Crippen LogP contribution >= 0.6 is 11.8 Å². The van der Waals surface area contributed by atoms with E-state index in [0.717, 1.165) is 5.75 Å². The average molecular weight is 180 g/mol. The van der Waals surface area contributed by atoms with Gasteiger partial charge in [0.25, 0.3) is 0 Å². The molecule has 0 saturated heterocycles. The van der Waals surface area contributed by atoms with Gasteiger partial charge in [0.15, 0.2) is 0 Å². The molecule has 0 unspecified atom stereocenters. The Hall–Kier alpha value is -0.890. The Morgan fingerprint density at radius 2 is 2.08 bits per heavy atom. The summed E-state index contributed by atoms with van der Waals surface area (Å²) in [6, 6.07) is 10.3. The van der Waals surface area contributed by atoms with Gasteiger partial charge >= 0.3 is 0 Å². The number of methoxy groups -OCH3 is 1. The molecule has 0 amide bonds. The monoisotopic (exact) mass is 180 g/mol. The number of hydrogen-bond donors (Lipinski definition) is 0. The lowest BCUT2D eigenvalue weighted by Gasteiger charge is -1.95. The van der Waals surface area contributed by atoms with Crippen molar-refractivity contribution in [1.82, 2.24) is 0 Å². The predicted molar refractivity (Wildman–Crippen MR) is 53.3 cm³/mol. The normalized spacial score (nSPS) is 10.4. The van der Waals surface area contributed by atoms with Gasteiger partial charge in [-0.15, -0.1) is 11.8 Å². The summed E-state index contributed by atoms with van der Waals surface area (Å²) >= 11 is 1.79. The van der Waals surface area contributed by atoms with Crippen molar-refractivity contribution in [3.63, 3.8) is 0 Å². The van der Waals surface area contributed by atoms with E-state index < -0.39 is 0 Å². The minimum Gasteiger partial charge on any atom is -0.505 e. The SMILES string of the molecule is COC=CCSc1ccccc1. The van der Waals surface area contributed by atoms with Gasteiger partial charge in [-0.3, -0.25) is 0 Å². The van der Waals surface area contributed by atoms with Crippen molar-refractivity contribution in [3.05, 3.63) is 42.7 Å². The zero-order valence-electron chi connectivity index (χ0n) is 7.07. The van der Waals surface area contributed by atoms with E-state index in [-0.39, 0.29) is 0 Å². The Morgan fingerprint density at radius 1 is 1.33 bits per heavy atom. The molecule has 0 radical (unpaired) electrons. The Balaban J connectivity index is 2.29. The van der Waals surface area contributed by atoms with Crippen LogP contribution in [0.5, 0.6) is 0 Å². The van der Waals surface area contributed by atoms with E-state index in [1.165, 1.54) is 4.90 Å². The predicted octanol–water partition coefficient (Wildman–Crippen LogP) is 2.94. The summed E-state index contributed by atoms with van der Waals surface area (Å²) in [5.74, 6) is 0.956. The maximum absolute atomic E-state index is 4.79. The van der Waals surface area contributed by atoms with E-state index in [1.807, 2.05) is 24.3 Å². The first-order valence-electron chi connectivity index (χ1n) is 3.79. The van der Waals surface area contributed by atoms with Gasteiger partial charge in [0.05, 0.1) is 13.4 Å². The van der Waals surface area contributed by atoms with Crippen LogP contribution < -0.4 is 0 Å². The van der Waals surface area contributed by atoms with Crippen molar-refractivity contribution in [1.29, 1.82) is 0 Å². The van der Waals surface area contributed by atoms with Crippen LogP contribution in [-0.2, 0) is 4.74 Å². The molecule has 64 valence electrons. The van der Waals surface area contributed by atoms with Crippen molar-refractivity contribution >= 4 is 11.8 Å². The summed E-state index contributed by atoms with van der Waals surface area (Å²) in [4.78, 5) is 1.29. The highest BCUT2D eigenvalue weighted by atomic mass is 32.2. The molecule has 1 rings (SSSR count). The molecule has 0 aliphatic heterocycles. The number of rotatable bonds is 4. The maximum atomic E-state index is 4.79. The lowest BCUT2D eigenvalue weighted by atomic mass is 10.4. The highest BCUT2D eigenvalue weighted by Crippen LogP contribution is 2.16. The average Bonchev–Trinajstić information content (AvgIpc) is 2.14. The number of thioether (sulfide) groups is 1. The van der Waals surface area contributed by atoms with Crippen LogP contribution in [-0.4, -0.2) is 12.9 Å². The number of hydrogen-bond acceptors (Lipinski definition) is 2. The fourth-order valence-electron chi connectivity index (χ4n) is 0.797. The second-order valence-corrected chi connectivity index (χ2v) is 3.32. The largest absolute Gasteiger partial charge is 0.505 e. The van der Waals surface area contributed by atoms with Gasteiger partial charge in [-0.25, -0.2) is 0 Å². The van der Waals surface area contributed by atoms with Gasteiger partial charge in [0.2, 0.25) is 0 Å². The Kier molecular flexibility index (Phi) is 4.39. The van der Waals surface area contributed by atoms with E-state index in [2.05, 4.69) is 12.1 Å². The third-order valence-electron chi connectivity index (χ3n) is 1.32. The molecule has 12 heavy (non-hydrogen) atoms. The first kappa shape index (κ1) is 9.20. The fourth-order valence-corrected chi connectivity index (χ4v) is 1.51. The van der Waals surface area contributed by atoms with Gasteiger partial charge in [-0.2, -0.15) is 0 Å². The third kappa shape index (κ3) is 3.49. The first-order chi connectivity index (χ1) is 5.93. The minimum absolute atomic E-state index is 0.956. The van der Waals surface area contributed by atoms with Crippen LogP contribution in [0.25, 0.3) is 0 Å². The molecule has 0 aliphatic rings. The lowest BCUT2D eigenvalue weighted by molar-refractivity contribution is 0.337. The van der Waals surface area contributed by atoms with E-state index in [9.17, 15) is 0 Å². The van der Waals surface area contributed by atoms with Gasteiger partial charge in [-0.05, 0) is 18.2 Å². The Morgan fingerprint density at radius 3 is 2.75 bits per heavy atom. The molecule has 0 atom stereocenters. The lowest BCUT2D eigenvalue weighted by Crippen LogP contribution is -1.73. The van der Waals surface area contributed by atoms with Crippen LogP contribution in [0.4, 0.5) is 0 Å². The van der Waals surface area contributed by atoms with Crippen molar-refractivity contribution in [2.24, 2.45) is 0 Å². The quantitative estimate of drug-likeness (QED) is 0.520. The Bertz CT molecular complexity index is 231. The van der Waals surface area contributed by atoms with Crippen LogP contribution in [0.1, 0.15) is 0 Å². The van der Waals surface area contributed by atoms with E-state index in [1.54, 1.807) is 25.1 Å². The summed E-state index contributed by atoms with van der Waals surface area (Å²) in [5.41, 5.74) is 0. The summed E-state index contributed by atoms with van der Waals surface area (Å²) in [6.07, 6.45) is 3.70. The van der Waals surface area contributed by atoms with Crippen molar-refractivity contribution < 1.29 is 4.74 Å². The van der Waals surface area contributed by atoms with Crippen LogP contribution in [0.2, 0.25) is 0 Å². The van der Waals surface area contributed by atoms with Crippen molar-refractivity contribution in [2.75, 3.05) is 12.9 Å². The maximum Gasteiger partial charge on any atom is 0.0793 e. The molecule has 0 bridgehead atoms. The molecule has 0 aromatic heterocycles. The molecule has 1 nitrogen and oxygen atoms in total. The second-order valence-electron chi connectivity index (χ2n) is 2.23. The van der Waals surface area contributed by atoms with Crippen LogP contribution in [0.3, 0.4) is 0 Å². The Labute approximate surface area is 77.4 Å². The minimum atomic E-state index is 0.956. The standard InChI is InChI=1S/C10H12OS/c1-11-8-5-9-12-10-6-3-2-4-7-10/h2-8H,9H2,1H3. The summed E-state index contributed by atoms with van der Waals surface area (Å²) in [5, 5.41) is 0. The highest BCUT2D eigenvalue weighted by Gasteiger charge is 1.87. The molecule has 2 heteroatoms. The zero-order chi connectivity index (χ0) is 8.65. The zero-order valence-corrected chi connectivity index (χ0v) is 7.88. The van der Waals surface area contributed by atoms with Gasteiger partial charge in [0, 0.05) is 10.6 Å². The van der Waals surface area contributed by atoms with Gasteiger partial charge in [0.1, 0.15) is 0 Å². The molecule has 0 saturated carbocycles. The molecule has 0 aliphatic carbocycles. The van der Waals surface area contributed by atoms with E-state index >= 15 is 0 Å².